The number of benzene rings is 2. The van der Waals surface area contributed by atoms with E-state index < -0.39 is 5.97 Å². The molecule has 0 amide bonds. The van der Waals surface area contributed by atoms with Gasteiger partial charge in [-0.25, -0.2) is 9.78 Å². The minimum Gasteiger partial charge on any atom is -0.489 e. The van der Waals surface area contributed by atoms with Crippen molar-refractivity contribution in [2.24, 2.45) is 0 Å². The maximum absolute atomic E-state index is 11.5. The van der Waals surface area contributed by atoms with Crippen LogP contribution >= 0.6 is 0 Å². The third-order valence-corrected chi connectivity index (χ3v) is 5.46. The normalized spacial score (nSPS) is 14.0. The molecule has 0 bridgehead atoms. The first-order valence-corrected chi connectivity index (χ1v) is 10.5. The van der Waals surface area contributed by atoms with Gasteiger partial charge in [0.2, 0.25) is 0 Å². The summed E-state index contributed by atoms with van der Waals surface area (Å²) in [6, 6.07) is 20.8. The largest absolute Gasteiger partial charge is 0.489 e. The molecule has 0 spiro atoms. The number of carbonyl (C=O) groups is 1. The number of ether oxygens (including phenoxy) is 1. The molecule has 0 atom stereocenters. The highest BCUT2D eigenvalue weighted by molar-refractivity contribution is 5.93. The highest BCUT2D eigenvalue weighted by atomic mass is 16.5. The molecule has 2 aromatic carbocycles. The quantitative estimate of drug-likeness (QED) is 0.615. The Labute approximate surface area is 187 Å². The van der Waals surface area contributed by atoms with Gasteiger partial charge in [-0.2, -0.15) is 5.26 Å². The van der Waals surface area contributed by atoms with Gasteiger partial charge in [-0.1, -0.05) is 30.3 Å². The zero-order valence-corrected chi connectivity index (χ0v) is 17.6. The van der Waals surface area contributed by atoms with Crippen LogP contribution in [0.4, 0.5) is 5.82 Å². The number of pyridine rings is 1. The van der Waals surface area contributed by atoms with Crippen LogP contribution < -0.4 is 9.64 Å². The van der Waals surface area contributed by atoms with Crippen LogP contribution in [0.25, 0.3) is 0 Å². The highest BCUT2D eigenvalue weighted by Crippen LogP contribution is 2.20. The van der Waals surface area contributed by atoms with Gasteiger partial charge in [0.25, 0.3) is 0 Å². The van der Waals surface area contributed by atoms with Gasteiger partial charge in [0.05, 0.1) is 11.6 Å². The summed E-state index contributed by atoms with van der Waals surface area (Å²) in [5.41, 5.74) is 3.10. The van der Waals surface area contributed by atoms with E-state index >= 15 is 0 Å². The van der Waals surface area contributed by atoms with Gasteiger partial charge in [0.1, 0.15) is 23.7 Å². The first-order valence-electron chi connectivity index (χ1n) is 10.5. The summed E-state index contributed by atoms with van der Waals surface area (Å²) in [7, 11) is 0. The Kier molecular flexibility index (Phi) is 6.63. The molecule has 4 rings (SSSR count). The summed E-state index contributed by atoms with van der Waals surface area (Å²) in [5.74, 6) is 0.272. The molecule has 7 nitrogen and oxygen atoms in total. The summed E-state index contributed by atoms with van der Waals surface area (Å²) >= 11 is 0. The maximum atomic E-state index is 11.5. The molecule has 32 heavy (non-hydrogen) atoms. The Bertz CT molecular complexity index is 1130. The second-order valence-corrected chi connectivity index (χ2v) is 7.69. The molecule has 2 heterocycles. The van der Waals surface area contributed by atoms with Crippen LogP contribution in [0.15, 0.2) is 66.9 Å². The lowest BCUT2D eigenvalue weighted by Gasteiger charge is -2.35. The van der Waals surface area contributed by atoms with Crippen molar-refractivity contribution in [1.29, 1.82) is 5.26 Å². The number of piperazine rings is 1. The third-order valence-electron chi connectivity index (χ3n) is 5.46. The number of nitrogens with zero attached hydrogens (tertiary/aromatic N) is 4. The number of rotatable bonds is 7. The lowest BCUT2D eigenvalue weighted by molar-refractivity contribution is 0.0697. The summed E-state index contributed by atoms with van der Waals surface area (Å²) in [4.78, 5) is 20.2. The zero-order chi connectivity index (χ0) is 22.3. The van der Waals surface area contributed by atoms with Crippen molar-refractivity contribution in [2.75, 3.05) is 31.1 Å². The molecule has 1 fully saturated rings. The Morgan fingerprint density at radius 1 is 1.03 bits per heavy atom. The molecule has 162 valence electrons. The third kappa shape index (κ3) is 5.23. The maximum Gasteiger partial charge on any atom is 0.339 e. The van der Waals surface area contributed by atoms with Crippen molar-refractivity contribution >= 4 is 11.8 Å². The summed E-state index contributed by atoms with van der Waals surface area (Å²) < 4.78 is 5.85. The lowest BCUT2D eigenvalue weighted by Crippen LogP contribution is -2.46. The number of carboxylic acids is 1. The van der Waals surface area contributed by atoms with E-state index in [1.54, 1.807) is 30.5 Å². The molecular weight excluding hydrogens is 404 g/mol. The molecule has 0 unspecified atom stereocenters. The molecule has 7 heteroatoms. The number of hydrogen-bond acceptors (Lipinski definition) is 6. The fourth-order valence-electron chi connectivity index (χ4n) is 3.83. The summed E-state index contributed by atoms with van der Waals surface area (Å²) in [6.07, 6.45) is 1.64. The van der Waals surface area contributed by atoms with E-state index in [4.69, 9.17) is 10.00 Å². The number of carboxylic acid groups (broad SMARTS) is 1. The fourth-order valence-corrected chi connectivity index (χ4v) is 3.83. The number of anilines is 1. The van der Waals surface area contributed by atoms with E-state index in [-0.39, 0.29) is 5.56 Å². The Morgan fingerprint density at radius 3 is 2.59 bits per heavy atom. The van der Waals surface area contributed by atoms with Crippen molar-refractivity contribution < 1.29 is 14.6 Å². The van der Waals surface area contributed by atoms with Gasteiger partial charge in [0, 0.05) is 38.9 Å². The predicted molar refractivity (Wildman–Crippen MR) is 121 cm³/mol. The standard InChI is InChI=1S/C25H24N4O3/c26-16-19-4-2-7-22(15-19)32-18-21-6-1-5-20(14-21)17-28-10-12-29(13-11-28)24-23(25(30)31)8-3-9-27-24/h1-9,14-15H,10-13,17-18H2,(H,30,31). The highest BCUT2D eigenvalue weighted by Gasteiger charge is 2.22. The number of hydrogen-bond donors (Lipinski definition) is 1. The van der Waals surface area contributed by atoms with Crippen LogP contribution in [0.2, 0.25) is 0 Å². The van der Waals surface area contributed by atoms with Crippen molar-refractivity contribution in [1.82, 2.24) is 9.88 Å². The first-order chi connectivity index (χ1) is 15.6. The second-order valence-electron chi connectivity index (χ2n) is 7.69. The molecule has 0 aliphatic carbocycles. The van der Waals surface area contributed by atoms with E-state index in [2.05, 4.69) is 28.1 Å². The van der Waals surface area contributed by atoms with Crippen molar-refractivity contribution in [3.63, 3.8) is 0 Å². The SMILES string of the molecule is N#Cc1cccc(OCc2cccc(CN3CCN(c4ncccc4C(=O)O)CC3)c2)c1. The molecule has 1 N–H and O–H groups in total. The van der Waals surface area contributed by atoms with E-state index in [9.17, 15) is 9.90 Å². The van der Waals surface area contributed by atoms with E-state index in [1.165, 1.54) is 5.56 Å². The van der Waals surface area contributed by atoms with Crippen molar-refractivity contribution in [3.05, 3.63) is 89.1 Å². The lowest BCUT2D eigenvalue weighted by atomic mass is 10.1. The van der Waals surface area contributed by atoms with Gasteiger partial charge in [-0.15, -0.1) is 0 Å². The van der Waals surface area contributed by atoms with Crippen LogP contribution in [-0.4, -0.2) is 47.1 Å². The van der Waals surface area contributed by atoms with Crippen LogP contribution in [0.3, 0.4) is 0 Å². The molecule has 1 aromatic heterocycles. The van der Waals surface area contributed by atoms with Gasteiger partial charge >= 0.3 is 5.97 Å². The van der Waals surface area contributed by atoms with E-state index in [0.717, 1.165) is 38.3 Å². The Balaban J connectivity index is 1.33. The molecule has 0 saturated carbocycles. The zero-order valence-electron chi connectivity index (χ0n) is 17.6. The Morgan fingerprint density at radius 2 is 1.81 bits per heavy atom. The average Bonchev–Trinajstić information content (AvgIpc) is 2.83. The smallest absolute Gasteiger partial charge is 0.339 e. The monoisotopic (exact) mass is 428 g/mol. The van der Waals surface area contributed by atoms with Gasteiger partial charge in [-0.3, -0.25) is 4.90 Å². The average molecular weight is 428 g/mol. The minimum absolute atomic E-state index is 0.244. The van der Waals surface area contributed by atoms with Crippen LogP contribution in [0.1, 0.15) is 27.0 Å². The Hall–Kier alpha value is -3.89. The molecule has 3 aromatic rings. The predicted octanol–water partition coefficient (Wildman–Crippen LogP) is 3.55. The first kappa shape index (κ1) is 21.3. The number of aromatic carboxylic acids is 1. The minimum atomic E-state index is -0.950. The summed E-state index contributed by atoms with van der Waals surface area (Å²) in [5, 5.41) is 18.4. The fraction of sp³-hybridized carbons (Fsp3) is 0.240. The van der Waals surface area contributed by atoms with Gasteiger partial charge in [0.15, 0.2) is 0 Å². The van der Waals surface area contributed by atoms with Crippen molar-refractivity contribution in [2.45, 2.75) is 13.2 Å². The van der Waals surface area contributed by atoms with E-state index in [0.29, 0.717) is 23.7 Å². The number of nitriles is 1. The van der Waals surface area contributed by atoms with Gasteiger partial charge in [-0.05, 0) is 41.5 Å². The molecule has 1 aliphatic rings. The van der Waals surface area contributed by atoms with E-state index in [1.807, 2.05) is 29.2 Å². The molecular formula is C25H24N4O3. The second kappa shape index (κ2) is 9.94. The van der Waals surface area contributed by atoms with Crippen molar-refractivity contribution in [3.8, 4) is 11.8 Å². The van der Waals surface area contributed by atoms with Gasteiger partial charge < -0.3 is 14.7 Å². The van der Waals surface area contributed by atoms with Crippen LogP contribution in [-0.2, 0) is 13.2 Å². The topological polar surface area (TPSA) is 89.7 Å². The molecule has 1 saturated heterocycles. The number of aromatic nitrogens is 1. The van der Waals surface area contributed by atoms with Crippen LogP contribution in [0.5, 0.6) is 5.75 Å². The molecule has 1 aliphatic heterocycles. The summed E-state index contributed by atoms with van der Waals surface area (Å²) in [6.45, 7) is 4.38. The van der Waals surface area contributed by atoms with Crippen LogP contribution in [0, 0.1) is 11.3 Å². The molecule has 0 radical (unpaired) electrons.